The van der Waals surface area contributed by atoms with E-state index < -0.39 is 11.4 Å². The van der Waals surface area contributed by atoms with Crippen molar-refractivity contribution in [1.82, 2.24) is 9.97 Å². The minimum atomic E-state index is -0.707. The molecule has 0 spiro atoms. The lowest BCUT2D eigenvalue weighted by molar-refractivity contribution is -0.153. The molecule has 0 aromatic carbocycles. The fourth-order valence-electron chi connectivity index (χ4n) is 2.27. The summed E-state index contributed by atoms with van der Waals surface area (Å²) in [6.07, 6.45) is 2.49. The number of hydrogen-bond donors (Lipinski definition) is 2. The number of anilines is 1. The molecule has 0 saturated heterocycles. The van der Waals surface area contributed by atoms with Gasteiger partial charge in [-0.25, -0.2) is 9.97 Å². The number of hydrogen-bond acceptors (Lipinski definition) is 4. The zero-order chi connectivity index (χ0) is 14.0. The maximum Gasteiger partial charge on any atom is 0.311 e. The molecular formula is C14H21N3O2. The minimum Gasteiger partial charge on any atom is -0.481 e. The van der Waals surface area contributed by atoms with E-state index in [2.05, 4.69) is 15.3 Å². The molecule has 0 atom stereocenters. The molecule has 0 amide bonds. The fourth-order valence-corrected chi connectivity index (χ4v) is 2.27. The van der Waals surface area contributed by atoms with Crippen LogP contribution in [0.4, 0.5) is 5.82 Å². The molecule has 5 nitrogen and oxygen atoms in total. The molecule has 1 aliphatic carbocycles. The average molecular weight is 263 g/mol. The minimum absolute atomic E-state index is 0.262. The summed E-state index contributed by atoms with van der Waals surface area (Å²) in [4.78, 5) is 20.1. The smallest absolute Gasteiger partial charge is 0.311 e. The summed E-state index contributed by atoms with van der Waals surface area (Å²) < 4.78 is 0. The molecule has 0 aliphatic heterocycles. The van der Waals surface area contributed by atoms with E-state index in [-0.39, 0.29) is 5.92 Å². The van der Waals surface area contributed by atoms with Gasteiger partial charge in [-0.1, -0.05) is 20.3 Å². The van der Waals surface area contributed by atoms with Crippen molar-refractivity contribution in [1.29, 1.82) is 0 Å². The first-order valence-corrected chi connectivity index (χ1v) is 6.76. The normalized spacial score (nSPS) is 17.1. The number of aliphatic carboxylic acids is 1. The molecule has 0 radical (unpaired) electrons. The van der Waals surface area contributed by atoms with Crippen molar-refractivity contribution in [3.05, 3.63) is 17.6 Å². The van der Waals surface area contributed by atoms with Gasteiger partial charge >= 0.3 is 5.97 Å². The van der Waals surface area contributed by atoms with Crippen LogP contribution in [0.1, 0.15) is 50.5 Å². The van der Waals surface area contributed by atoms with Gasteiger partial charge in [0.15, 0.2) is 0 Å². The summed E-state index contributed by atoms with van der Waals surface area (Å²) >= 11 is 0. The lowest BCUT2D eigenvalue weighted by Crippen LogP contribution is -2.43. The monoisotopic (exact) mass is 263 g/mol. The molecule has 2 rings (SSSR count). The van der Waals surface area contributed by atoms with E-state index in [0.29, 0.717) is 6.54 Å². The number of aryl methyl sites for hydroxylation is 1. The van der Waals surface area contributed by atoms with Crippen LogP contribution in [0.15, 0.2) is 6.07 Å². The second-order valence-electron chi connectivity index (χ2n) is 5.70. The van der Waals surface area contributed by atoms with Crippen molar-refractivity contribution in [3.63, 3.8) is 0 Å². The van der Waals surface area contributed by atoms with Gasteiger partial charge < -0.3 is 10.4 Å². The van der Waals surface area contributed by atoms with Gasteiger partial charge in [0.25, 0.3) is 0 Å². The van der Waals surface area contributed by atoms with Crippen LogP contribution in [0.2, 0.25) is 0 Å². The molecule has 2 N–H and O–H groups in total. The van der Waals surface area contributed by atoms with Crippen molar-refractivity contribution in [2.45, 2.75) is 46.0 Å². The second kappa shape index (κ2) is 5.15. The Morgan fingerprint density at radius 3 is 2.63 bits per heavy atom. The van der Waals surface area contributed by atoms with E-state index in [1.165, 1.54) is 0 Å². The molecule has 104 valence electrons. The molecule has 19 heavy (non-hydrogen) atoms. The number of nitrogens with one attached hydrogen (secondary N) is 1. The summed E-state index contributed by atoms with van der Waals surface area (Å²) in [5, 5.41) is 12.5. The number of rotatable bonds is 5. The fraction of sp³-hybridized carbons (Fsp3) is 0.643. The summed E-state index contributed by atoms with van der Waals surface area (Å²) in [6.45, 7) is 6.46. The van der Waals surface area contributed by atoms with Gasteiger partial charge in [-0.2, -0.15) is 0 Å². The van der Waals surface area contributed by atoms with Crippen molar-refractivity contribution in [2.24, 2.45) is 5.41 Å². The van der Waals surface area contributed by atoms with Gasteiger partial charge in [0.2, 0.25) is 0 Å². The average Bonchev–Trinajstić information content (AvgIpc) is 2.26. The standard InChI is InChI=1S/C14H21N3O2/c1-9(2)12-16-10(3)7-11(17-12)15-8-14(13(18)19)5-4-6-14/h7,9H,4-6,8H2,1-3H3,(H,18,19)(H,15,16,17). The molecule has 1 fully saturated rings. The Hall–Kier alpha value is -1.65. The van der Waals surface area contributed by atoms with E-state index >= 15 is 0 Å². The summed E-state index contributed by atoms with van der Waals surface area (Å²) in [6, 6.07) is 1.86. The van der Waals surface area contributed by atoms with E-state index in [0.717, 1.165) is 36.6 Å². The Labute approximate surface area is 113 Å². The van der Waals surface area contributed by atoms with Gasteiger partial charge in [0.05, 0.1) is 5.41 Å². The van der Waals surface area contributed by atoms with Gasteiger partial charge in [0, 0.05) is 24.2 Å². The zero-order valence-corrected chi connectivity index (χ0v) is 11.7. The highest BCUT2D eigenvalue weighted by molar-refractivity contribution is 5.76. The molecule has 1 saturated carbocycles. The van der Waals surface area contributed by atoms with Crippen LogP contribution in [0.3, 0.4) is 0 Å². The third-order valence-electron chi connectivity index (χ3n) is 3.76. The van der Waals surface area contributed by atoms with Crippen LogP contribution in [0.5, 0.6) is 0 Å². The van der Waals surface area contributed by atoms with Crippen molar-refractivity contribution in [3.8, 4) is 0 Å². The largest absolute Gasteiger partial charge is 0.481 e. The Balaban J connectivity index is 2.09. The van der Waals surface area contributed by atoms with Crippen molar-refractivity contribution in [2.75, 3.05) is 11.9 Å². The number of carbonyl (C=O) groups is 1. The third kappa shape index (κ3) is 2.85. The Morgan fingerprint density at radius 2 is 2.16 bits per heavy atom. The summed E-state index contributed by atoms with van der Waals surface area (Å²) in [5.41, 5.74) is 0.302. The highest BCUT2D eigenvalue weighted by Crippen LogP contribution is 2.41. The van der Waals surface area contributed by atoms with Gasteiger partial charge in [-0.3, -0.25) is 4.79 Å². The van der Waals surface area contributed by atoms with Crippen LogP contribution < -0.4 is 5.32 Å². The van der Waals surface area contributed by atoms with E-state index in [1.54, 1.807) is 0 Å². The summed E-state index contributed by atoms with van der Waals surface area (Å²) in [7, 11) is 0. The Bertz CT molecular complexity index is 482. The van der Waals surface area contributed by atoms with Crippen LogP contribution >= 0.6 is 0 Å². The SMILES string of the molecule is Cc1cc(NCC2(C(=O)O)CCC2)nc(C(C)C)n1. The number of nitrogens with zero attached hydrogens (tertiary/aromatic N) is 2. The lowest BCUT2D eigenvalue weighted by Gasteiger charge is -2.37. The molecule has 0 bridgehead atoms. The first kappa shape index (κ1) is 13.8. The predicted molar refractivity (Wildman–Crippen MR) is 73.3 cm³/mol. The molecule has 1 aromatic rings. The predicted octanol–water partition coefficient (Wildman–Crippen LogP) is 2.58. The highest BCUT2D eigenvalue weighted by Gasteiger charge is 2.44. The maximum absolute atomic E-state index is 11.3. The molecule has 1 aliphatic rings. The van der Waals surface area contributed by atoms with Crippen LogP contribution in [-0.4, -0.2) is 27.6 Å². The molecule has 0 unspecified atom stereocenters. The van der Waals surface area contributed by atoms with Crippen LogP contribution in [0, 0.1) is 12.3 Å². The summed E-state index contributed by atoms with van der Waals surface area (Å²) in [5.74, 6) is 1.07. The first-order chi connectivity index (χ1) is 8.93. The lowest BCUT2D eigenvalue weighted by atomic mass is 9.69. The van der Waals surface area contributed by atoms with Crippen LogP contribution in [0.25, 0.3) is 0 Å². The maximum atomic E-state index is 11.3. The zero-order valence-electron chi connectivity index (χ0n) is 11.7. The van der Waals surface area contributed by atoms with E-state index in [4.69, 9.17) is 0 Å². The second-order valence-corrected chi connectivity index (χ2v) is 5.70. The van der Waals surface area contributed by atoms with Crippen molar-refractivity contribution >= 4 is 11.8 Å². The van der Waals surface area contributed by atoms with Gasteiger partial charge in [-0.15, -0.1) is 0 Å². The van der Waals surface area contributed by atoms with Gasteiger partial charge in [-0.05, 0) is 19.8 Å². The molecule has 5 heteroatoms. The molecule has 1 aromatic heterocycles. The molecular weight excluding hydrogens is 242 g/mol. The van der Waals surface area contributed by atoms with E-state index in [1.807, 2.05) is 26.8 Å². The third-order valence-corrected chi connectivity index (χ3v) is 3.76. The number of carboxylic acids is 1. The number of aromatic nitrogens is 2. The van der Waals surface area contributed by atoms with Gasteiger partial charge in [0.1, 0.15) is 11.6 Å². The Morgan fingerprint density at radius 1 is 1.47 bits per heavy atom. The quantitative estimate of drug-likeness (QED) is 0.854. The molecule has 1 heterocycles. The number of carboxylic acid groups (broad SMARTS) is 1. The van der Waals surface area contributed by atoms with E-state index in [9.17, 15) is 9.90 Å². The topological polar surface area (TPSA) is 75.1 Å². The van der Waals surface area contributed by atoms with Crippen molar-refractivity contribution < 1.29 is 9.90 Å². The highest BCUT2D eigenvalue weighted by atomic mass is 16.4. The first-order valence-electron chi connectivity index (χ1n) is 6.76. The Kier molecular flexibility index (Phi) is 3.73. The van der Waals surface area contributed by atoms with Crippen LogP contribution in [-0.2, 0) is 4.79 Å².